The third-order valence-electron chi connectivity index (χ3n) is 6.60. The zero-order chi connectivity index (χ0) is 27.3. The van der Waals surface area contributed by atoms with Crippen molar-refractivity contribution < 1.29 is 18.0 Å². The third-order valence-corrected chi connectivity index (χ3v) is 8.73. The first-order valence-corrected chi connectivity index (χ1v) is 15.1. The summed E-state index contributed by atoms with van der Waals surface area (Å²) in [5, 5.41) is 4.22. The largest absolute Gasteiger partial charge is 0.352 e. The van der Waals surface area contributed by atoms with Gasteiger partial charge >= 0.3 is 0 Å². The maximum atomic E-state index is 13.7. The standard InChI is InChI=1S/C26H32Cl3N3O4S/c1-17-9-12-22(14-23(17)28)32(37(3,35)36)16-25(33)31(15-19-10-11-20(27)13-24(19)29)18(2)26(34)30-21-7-5-4-6-8-21/h9-14,18,21H,4-8,15-16H2,1-3H3,(H,30,34)/t18-/m0/s1. The SMILES string of the molecule is Cc1ccc(N(CC(=O)N(Cc2ccc(Cl)cc2Cl)[C@@H](C)C(=O)NC2CCCCC2)S(C)(=O)=O)cc1Cl. The van der Waals surface area contributed by atoms with Gasteiger partial charge in [0.15, 0.2) is 0 Å². The molecule has 1 atom stereocenters. The molecule has 0 unspecified atom stereocenters. The van der Waals surface area contributed by atoms with Crippen LogP contribution in [0.15, 0.2) is 36.4 Å². The Labute approximate surface area is 234 Å². The van der Waals surface area contributed by atoms with Gasteiger partial charge in [-0.25, -0.2) is 8.42 Å². The van der Waals surface area contributed by atoms with Gasteiger partial charge in [-0.3, -0.25) is 13.9 Å². The van der Waals surface area contributed by atoms with E-state index in [2.05, 4.69) is 5.32 Å². The molecule has 0 radical (unpaired) electrons. The third kappa shape index (κ3) is 7.99. The van der Waals surface area contributed by atoms with Gasteiger partial charge in [-0.1, -0.05) is 66.2 Å². The number of carbonyl (C=O) groups is 2. The van der Waals surface area contributed by atoms with Crippen LogP contribution in [-0.4, -0.2) is 50.0 Å². The maximum absolute atomic E-state index is 13.7. The molecule has 2 amide bonds. The number of anilines is 1. The summed E-state index contributed by atoms with van der Waals surface area (Å²) in [5.41, 5.74) is 1.62. The Hall–Kier alpha value is -2.00. The van der Waals surface area contributed by atoms with E-state index in [0.29, 0.717) is 20.6 Å². The summed E-state index contributed by atoms with van der Waals surface area (Å²) in [7, 11) is -3.85. The Kier molecular flexibility index (Phi) is 10.1. The lowest BCUT2D eigenvalue weighted by atomic mass is 9.95. The smallest absolute Gasteiger partial charge is 0.244 e. The van der Waals surface area contributed by atoms with Crippen LogP contribution in [0.3, 0.4) is 0 Å². The van der Waals surface area contributed by atoms with Crippen LogP contribution in [0.2, 0.25) is 15.1 Å². The highest BCUT2D eigenvalue weighted by Gasteiger charge is 2.31. The molecule has 0 bridgehead atoms. The van der Waals surface area contributed by atoms with Crippen molar-refractivity contribution >= 4 is 62.3 Å². The van der Waals surface area contributed by atoms with E-state index >= 15 is 0 Å². The highest BCUT2D eigenvalue weighted by atomic mass is 35.5. The van der Waals surface area contributed by atoms with Gasteiger partial charge in [0.2, 0.25) is 21.8 Å². The zero-order valence-corrected chi connectivity index (χ0v) is 24.2. The number of nitrogens with zero attached hydrogens (tertiary/aromatic N) is 2. The summed E-state index contributed by atoms with van der Waals surface area (Å²) in [4.78, 5) is 28.2. The van der Waals surface area contributed by atoms with Crippen molar-refractivity contribution in [2.75, 3.05) is 17.1 Å². The fourth-order valence-electron chi connectivity index (χ4n) is 4.34. The van der Waals surface area contributed by atoms with Crippen molar-refractivity contribution in [1.29, 1.82) is 0 Å². The summed E-state index contributed by atoms with van der Waals surface area (Å²) in [6.07, 6.45) is 6.05. The number of nitrogens with one attached hydrogen (secondary N) is 1. The summed E-state index contributed by atoms with van der Waals surface area (Å²) >= 11 is 18.6. The summed E-state index contributed by atoms with van der Waals surface area (Å²) < 4.78 is 26.4. The van der Waals surface area contributed by atoms with Crippen LogP contribution in [-0.2, 0) is 26.2 Å². The van der Waals surface area contributed by atoms with Gasteiger partial charge in [0.25, 0.3) is 0 Å². The molecular weight excluding hydrogens is 557 g/mol. The molecule has 7 nitrogen and oxygen atoms in total. The number of hydrogen-bond acceptors (Lipinski definition) is 4. The Bertz CT molecular complexity index is 1250. The minimum atomic E-state index is -3.85. The predicted octanol–water partition coefficient (Wildman–Crippen LogP) is 5.59. The van der Waals surface area contributed by atoms with Crippen LogP contribution in [0.5, 0.6) is 0 Å². The monoisotopic (exact) mass is 587 g/mol. The van der Waals surface area contributed by atoms with Gasteiger partial charge in [-0.2, -0.15) is 0 Å². The molecule has 202 valence electrons. The van der Waals surface area contributed by atoms with Gasteiger partial charge in [-0.15, -0.1) is 0 Å². The van der Waals surface area contributed by atoms with Crippen molar-refractivity contribution in [2.24, 2.45) is 0 Å². The second-order valence-corrected chi connectivity index (χ2v) is 12.6. The van der Waals surface area contributed by atoms with Gasteiger partial charge < -0.3 is 10.2 Å². The number of rotatable bonds is 9. The van der Waals surface area contributed by atoms with E-state index in [-0.39, 0.29) is 24.2 Å². The number of aryl methyl sites for hydroxylation is 1. The summed E-state index contributed by atoms with van der Waals surface area (Å²) in [6.45, 7) is 2.92. The van der Waals surface area contributed by atoms with Crippen molar-refractivity contribution in [2.45, 2.75) is 64.6 Å². The molecule has 1 aliphatic rings. The van der Waals surface area contributed by atoms with E-state index in [0.717, 1.165) is 48.2 Å². The highest BCUT2D eigenvalue weighted by molar-refractivity contribution is 7.92. The lowest BCUT2D eigenvalue weighted by Gasteiger charge is -2.33. The average molecular weight is 589 g/mol. The molecule has 1 fully saturated rings. The van der Waals surface area contributed by atoms with Crippen LogP contribution in [0.25, 0.3) is 0 Å². The molecular formula is C26H32Cl3N3O4S. The number of hydrogen-bond donors (Lipinski definition) is 1. The normalized spacial score (nSPS) is 15.2. The molecule has 2 aromatic rings. The molecule has 1 aliphatic carbocycles. The van der Waals surface area contributed by atoms with Gasteiger partial charge in [0.1, 0.15) is 12.6 Å². The fourth-order valence-corrected chi connectivity index (χ4v) is 5.82. The lowest BCUT2D eigenvalue weighted by Crippen LogP contribution is -2.53. The maximum Gasteiger partial charge on any atom is 0.244 e. The Balaban J connectivity index is 1.91. The first-order chi connectivity index (χ1) is 17.4. The second kappa shape index (κ2) is 12.7. The number of carbonyl (C=O) groups excluding carboxylic acids is 2. The van der Waals surface area contributed by atoms with Gasteiger partial charge in [0, 0.05) is 27.7 Å². The molecule has 3 rings (SSSR count). The molecule has 11 heteroatoms. The predicted molar refractivity (Wildman–Crippen MR) is 150 cm³/mol. The van der Waals surface area contributed by atoms with Crippen LogP contribution in [0, 0.1) is 6.92 Å². The molecule has 0 aromatic heterocycles. The number of sulfonamides is 1. The van der Waals surface area contributed by atoms with E-state index in [4.69, 9.17) is 34.8 Å². The van der Waals surface area contributed by atoms with Crippen LogP contribution in [0.4, 0.5) is 5.69 Å². The molecule has 1 saturated carbocycles. The minimum Gasteiger partial charge on any atom is -0.352 e. The van der Waals surface area contributed by atoms with Crippen molar-refractivity contribution in [3.63, 3.8) is 0 Å². The van der Waals surface area contributed by atoms with Crippen molar-refractivity contribution in [1.82, 2.24) is 10.2 Å². The first-order valence-electron chi connectivity index (χ1n) is 12.1. The van der Waals surface area contributed by atoms with Crippen LogP contribution < -0.4 is 9.62 Å². The van der Waals surface area contributed by atoms with E-state index < -0.39 is 28.5 Å². The number of halogens is 3. The van der Waals surface area contributed by atoms with E-state index in [1.165, 1.54) is 11.0 Å². The second-order valence-electron chi connectivity index (χ2n) is 9.48. The van der Waals surface area contributed by atoms with E-state index in [9.17, 15) is 18.0 Å². The number of benzene rings is 2. The highest BCUT2D eigenvalue weighted by Crippen LogP contribution is 2.27. The molecule has 0 saturated heterocycles. The molecule has 0 aliphatic heterocycles. The summed E-state index contributed by atoms with van der Waals surface area (Å²) in [5.74, 6) is -0.853. The summed E-state index contributed by atoms with van der Waals surface area (Å²) in [6, 6.07) is 8.86. The molecule has 37 heavy (non-hydrogen) atoms. The number of amides is 2. The molecule has 1 N–H and O–H groups in total. The lowest BCUT2D eigenvalue weighted by molar-refractivity contribution is -0.139. The van der Waals surface area contributed by atoms with Crippen molar-refractivity contribution in [3.8, 4) is 0 Å². The van der Waals surface area contributed by atoms with E-state index in [1.54, 1.807) is 44.2 Å². The Morgan fingerprint density at radius 3 is 2.30 bits per heavy atom. The Morgan fingerprint density at radius 1 is 1.03 bits per heavy atom. The molecule has 0 heterocycles. The quantitative estimate of drug-likeness (QED) is 0.414. The fraction of sp³-hybridized carbons (Fsp3) is 0.462. The van der Waals surface area contributed by atoms with Crippen molar-refractivity contribution in [3.05, 3.63) is 62.6 Å². The minimum absolute atomic E-state index is 0.000342. The topological polar surface area (TPSA) is 86.8 Å². The van der Waals surface area contributed by atoms with Gasteiger partial charge in [-0.05, 0) is 62.1 Å². The van der Waals surface area contributed by atoms with Gasteiger partial charge in [0.05, 0.1) is 11.9 Å². The van der Waals surface area contributed by atoms with E-state index in [1.807, 2.05) is 0 Å². The first kappa shape index (κ1) is 29.6. The molecule has 0 spiro atoms. The van der Waals surface area contributed by atoms with Crippen LogP contribution in [0.1, 0.15) is 50.2 Å². The molecule has 2 aromatic carbocycles. The average Bonchev–Trinajstić information content (AvgIpc) is 2.83. The Morgan fingerprint density at radius 2 is 1.70 bits per heavy atom. The van der Waals surface area contributed by atoms with Crippen LogP contribution >= 0.6 is 34.8 Å². The zero-order valence-electron chi connectivity index (χ0n) is 21.1.